The number of rotatable bonds is 5. The number of halogens is 1. The van der Waals surface area contributed by atoms with Crippen LogP contribution in [0, 0.1) is 11.3 Å². The number of urea groups is 1. The average Bonchev–Trinajstić information content (AvgIpc) is 3.28. The Bertz CT molecular complexity index is 1150. The van der Waals surface area contributed by atoms with E-state index in [4.69, 9.17) is 16.9 Å². The Kier molecular flexibility index (Phi) is 5.29. The molecule has 0 bridgehead atoms. The van der Waals surface area contributed by atoms with E-state index in [-0.39, 0.29) is 12.5 Å². The van der Waals surface area contributed by atoms with Gasteiger partial charge in [-0.25, -0.2) is 9.78 Å². The van der Waals surface area contributed by atoms with Gasteiger partial charge in [-0.15, -0.1) is 11.3 Å². The molecule has 1 unspecified atom stereocenters. The van der Waals surface area contributed by atoms with Gasteiger partial charge < -0.3 is 5.32 Å². The lowest BCUT2D eigenvalue weighted by Gasteiger charge is -2.22. The van der Waals surface area contributed by atoms with Crippen LogP contribution in [0.15, 0.2) is 53.9 Å². The first kappa shape index (κ1) is 20.1. The smallest absolute Gasteiger partial charge is 0.319 e. The molecule has 1 aliphatic rings. The maximum absolute atomic E-state index is 13.1. The zero-order chi connectivity index (χ0) is 21.3. The third-order valence-electron chi connectivity index (χ3n) is 5.05. The van der Waals surface area contributed by atoms with Crippen molar-refractivity contribution >= 4 is 34.9 Å². The molecule has 0 radical (unpaired) electrons. The maximum Gasteiger partial charge on any atom is 0.325 e. The summed E-state index contributed by atoms with van der Waals surface area (Å²) >= 11 is 7.41. The van der Waals surface area contributed by atoms with Crippen LogP contribution in [0.4, 0.5) is 4.79 Å². The van der Waals surface area contributed by atoms with E-state index in [0.717, 1.165) is 10.6 Å². The zero-order valence-corrected chi connectivity index (χ0v) is 17.6. The molecule has 4 rings (SSSR count). The summed E-state index contributed by atoms with van der Waals surface area (Å²) in [6, 6.07) is 15.8. The van der Waals surface area contributed by atoms with E-state index in [0.29, 0.717) is 28.3 Å². The number of benzene rings is 2. The molecule has 1 atom stereocenters. The number of nitriles is 1. The summed E-state index contributed by atoms with van der Waals surface area (Å²) in [5.74, 6) is -0.343. The van der Waals surface area contributed by atoms with Crippen LogP contribution in [0.3, 0.4) is 0 Å². The Balaban J connectivity index is 1.49. The molecule has 2 heterocycles. The van der Waals surface area contributed by atoms with E-state index in [2.05, 4.69) is 10.3 Å². The first-order chi connectivity index (χ1) is 14.4. The molecule has 1 fully saturated rings. The number of amides is 3. The molecule has 1 N–H and O–H groups in total. The number of hydrogen-bond donors (Lipinski definition) is 1. The van der Waals surface area contributed by atoms with Gasteiger partial charge in [0.05, 0.1) is 28.9 Å². The number of hydrogen-bond acceptors (Lipinski definition) is 5. The minimum Gasteiger partial charge on any atom is -0.319 e. The van der Waals surface area contributed by atoms with Crippen molar-refractivity contribution in [2.45, 2.75) is 25.4 Å². The number of imide groups is 1. The molecule has 2 aromatic carbocycles. The molecule has 3 aromatic rings. The molecule has 1 aliphatic heterocycles. The Morgan fingerprint density at radius 3 is 2.53 bits per heavy atom. The molecular weight excluding hydrogens is 420 g/mol. The number of thiazole rings is 1. The highest BCUT2D eigenvalue weighted by atomic mass is 35.5. The van der Waals surface area contributed by atoms with Gasteiger partial charge in [-0.05, 0) is 42.3 Å². The van der Waals surface area contributed by atoms with Gasteiger partial charge in [0.15, 0.2) is 0 Å². The van der Waals surface area contributed by atoms with E-state index >= 15 is 0 Å². The second kappa shape index (κ2) is 7.90. The number of carbonyl (C=O) groups excluding carboxylic acids is 2. The lowest BCUT2D eigenvalue weighted by Crippen LogP contribution is -2.40. The van der Waals surface area contributed by atoms with Gasteiger partial charge >= 0.3 is 6.03 Å². The van der Waals surface area contributed by atoms with Crippen molar-refractivity contribution in [2.24, 2.45) is 0 Å². The van der Waals surface area contributed by atoms with Crippen LogP contribution in [0.25, 0.3) is 0 Å². The van der Waals surface area contributed by atoms with E-state index in [1.165, 1.54) is 16.2 Å². The minimum absolute atomic E-state index is 0.105. The van der Waals surface area contributed by atoms with Crippen LogP contribution in [0.5, 0.6) is 0 Å². The van der Waals surface area contributed by atoms with Crippen LogP contribution >= 0.6 is 22.9 Å². The quantitative estimate of drug-likeness (QED) is 0.606. The van der Waals surface area contributed by atoms with Crippen molar-refractivity contribution in [3.63, 3.8) is 0 Å². The summed E-state index contributed by atoms with van der Waals surface area (Å²) in [5.41, 5.74) is 1.70. The fourth-order valence-corrected chi connectivity index (χ4v) is 4.30. The number of carbonyl (C=O) groups is 2. The van der Waals surface area contributed by atoms with Crippen LogP contribution in [0.2, 0.25) is 5.02 Å². The summed E-state index contributed by atoms with van der Waals surface area (Å²) in [6.07, 6.45) is 0.658. The minimum atomic E-state index is -1.17. The first-order valence-corrected chi connectivity index (χ1v) is 10.5. The van der Waals surface area contributed by atoms with Gasteiger partial charge in [0.1, 0.15) is 5.54 Å². The Hall–Kier alpha value is -3.21. The fraction of sp³-hybridized carbons (Fsp3) is 0.182. The molecule has 0 saturated carbocycles. The van der Waals surface area contributed by atoms with Crippen LogP contribution in [-0.4, -0.2) is 21.8 Å². The topological polar surface area (TPSA) is 86.1 Å². The first-order valence-electron chi connectivity index (χ1n) is 9.21. The fourth-order valence-electron chi connectivity index (χ4n) is 3.36. The summed E-state index contributed by atoms with van der Waals surface area (Å²) in [7, 11) is 0. The van der Waals surface area contributed by atoms with Crippen molar-refractivity contribution in [1.29, 1.82) is 5.26 Å². The van der Waals surface area contributed by atoms with Gasteiger partial charge in [-0.3, -0.25) is 9.69 Å². The summed E-state index contributed by atoms with van der Waals surface area (Å²) in [4.78, 5) is 31.4. The number of nitrogens with zero attached hydrogens (tertiary/aromatic N) is 3. The van der Waals surface area contributed by atoms with Crippen molar-refractivity contribution in [1.82, 2.24) is 15.2 Å². The normalized spacial score (nSPS) is 18.4. The van der Waals surface area contributed by atoms with Gasteiger partial charge in [-0.2, -0.15) is 5.26 Å². The molecule has 30 heavy (non-hydrogen) atoms. The molecule has 0 aliphatic carbocycles. The molecular formula is C22H17ClN4O2S. The van der Waals surface area contributed by atoms with Gasteiger partial charge in [-0.1, -0.05) is 35.9 Å². The van der Waals surface area contributed by atoms with Crippen molar-refractivity contribution in [2.75, 3.05) is 0 Å². The molecule has 1 aromatic heterocycles. The average molecular weight is 437 g/mol. The second-order valence-electron chi connectivity index (χ2n) is 7.17. The van der Waals surface area contributed by atoms with Crippen LogP contribution in [-0.2, 0) is 23.3 Å². The van der Waals surface area contributed by atoms with Gasteiger partial charge in [0.25, 0.3) is 5.91 Å². The van der Waals surface area contributed by atoms with E-state index < -0.39 is 11.6 Å². The third-order valence-corrected chi connectivity index (χ3v) is 6.20. The molecule has 150 valence electrons. The molecule has 1 saturated heterocycles. The van der Waals surface area contributed by atoms with Gasteiger partial charge in [0.2, 0.25) is 0 Å². The standard InChI is InChI=1S/C22H17ClN4O2S/c1-22(16-6-2-15(11-24)3-7-16)20(28)27(21(29)26-22)12-18-13-30-19(25-18)10-14-4-8-17(23)9-5-14/h2-9,13H,10,12H2,1H3,(H,26,29). The van der Waals surface area contributed by atoms with Crippen molar-refractivity contribution < 1.29 is 9.59 Å². The molecule has 6 nitrogen and oxygen atoms in total. The SMILES string of the molecule is CC1(c2ccc(C#N)cc2)NC(=O)N(Cc2csc(Cc3ccc(Cl)cc3)n2)C1=O. The maximum atomic E-state index is 13.1. The Labute approximate surface area is 182 Å². The third kappa shape index (κ3) is 3.80. The summed E-state index contributed by atoms with van der Waals surface area (Å²) in [6.45, 7) is 1.77. The van der Waals surface area contributed by atoms with E-state index in [9.17, 15) is 9.59 Å². The number of nitrogens with one attached hydrogen (secondary N) is 1. The highest BCUT2D eigenvalue weighted by Gasteiger charge is 2.49. The van der Waals surface area contributed by atoms with E-state index in [1.807, 2.05) is 35.7 Å². The largest absolute Gasteiger partial charge is 0.325 e. The predicted molar refractivity (Wildman–Crippen MR) is 114 cm³/mol. The van der Waals surface area contributed by atoms with Gasteiger partial charge in [0, 0.05) is 16.8 Å². The predicted octanol–water partition coefficient (Wildman–Crippen LogP) is 4.23. The second-order valence-corrected chi connectivity index (χ2v) is 8.55. The Morgan fingerprint density at radius 1 is 1.17 bits per heavy atom. The highest BCUT2D eigenvalue weighted by molar-refractivity contribution is 7.09. The van der Waals surface area contributed by atoms with E-state index in [1.54, 1.807) is 31.2 Å². The molecule has 3 amide bonds. The molecule has 8 heteroatoms. The van der Waals surface area contributed by atoms with Crippen molar-refractivity contribution in [3.05, 3.63) is 86.3 Å². The monoisotopic (exact) mass is 436 g/mol. The summed E-state index contributed by atoms with van der Waals surface area (Å²) in [5, 5.41) is 15.2. The lowest BCUT2D eigenvalue weighted by molar-refractivity contribution is -0.131. The van der Waals surface area contributed by atoms with Crippen LogP contribution in [0.1, 0.15) is 34.3 Å². The summed E-state index contributed by atoms with van der Waals surface area (Å²) < 4.78 is 0. The molecule has 0 spiro atoms. The van der Waals surface area contributed by atoms with Crippen molar-refractivity contribution in [3.8, 4) is 6.07 Å². The lowest BCUT2D eigenvalue weighted by atomic mass is 9.91. The highest BCUT2D eigenvalue weighted by Crippen LogP contribution is 2.30. The Morgan fingerprint density at radius 2 is 1.87 bits per heavy atom. The number of aromatic nitrogens is 1. The zero-order valence-electron chi connectivity index (χ0n) is 16.1. The van der Waals surface area contributed by atoms with Crippen LogP contribution < -0.4 is 5.32 Å².